The summed E-state index contributed by atoms with van der Waals surface area (Å²) >= 11 is 1.08. The molecule has 0 amide bonds. The third kappa shape index (κ3) is 5.15. The van der Waals surface area contributed by atoms with Gasteiger partial charge >= 0.3 is 12.1 Å². The van der Waals surface area contributed by atoms with Gasteiger partial charge in [-0.25, -0.2) is 0 Å². The van der Waals surface area contributed by atoms with Crippen molar-refractivity contribution in [1.29, 1.82) is 5.26 Å². The van der Waals surface area contributed by atoms with Gasteiger partial charge in [0.05, 0.1) is 17.4 Å². The molecule has 0 radical (unpaired) electrons. The minimum Gasteiger partial charge on any atom is -0.377 e. The van der Waals surface area contributed by atoms with Crippen LogP contribution in [0, 0.1) is 11.3 Å². The quantitative estimate of drug-likeness (QED) is 0.700. The van der Waals surface area contributed by atoms with Crippen molar-refractivity contribution < 1.29 is 26.7 Å². The molecule has 1 heterocycles. The zero-order valence-corrected chi connectivity index (χ0v) is 10.9. The fourth-order valence-corrected chi connectivity index (χ4v) is 2.71. The maximum atomic E-state index is 12.7. The van der Waals surface area contributed by atoms with Gasteiger partial charge in [-0.1, -0.05) is 0 Å². The van der Waals surface area contributed by atoms with Crippen molar-refractivity contribution in [3.63, 3.8) is 0 Å². The van der Waals surface area contributed by atoms with E-state index in [-0.39, 0.29) is 6.10 Å². The molecule has 1 fully saturated rings. The summed E-state index contributed by atoms with van der Waals surface area (Å²) in [6.07, 6.45) is -5.66. The van der Waals surface area contributed by atoms with E-state index in [4.69, 9.17) is 10.00 Å². The van der Waals surface area contributed by atoms with E-state index < -0.39 is 30.2 Å². The van der Waals surface area contributed by atoms with E-state index in [1.807, 2.05) is 0 Å². The highest BCUT2D eigenvalue weighted by Crippen LogP contribution is 2.40. The fourth-order valence-electron chi connectivity index (χ4n) is 1.64. The van der Waals surface area contributed by atoms with Gasteiger partial charge in [-0.2, -0.15) is 27.2 Å². The molecule has 0 aromatic rings. The summed E-state index contributed by atoms with van der Waals surface area (Å²) in [5, 5.41) is 7.90. The predicted molar refractivity (Wildman–Crippen MR) is 61.1 cm³/mol. The molecular weight excluding hydrogens is 289 g/mol. The summed E-state index contributed by atoms with van der Waals surface area (Å²) in [5.74, 6) is -4.28. The summed E-state index contributed by atoms with van der Waals surface area (Å²) in [4.78, 5) is 0. The van der Waals surface area contributed by atoms with Crippen LogP contribution in [0.25, 0.3) is 0 Å². The molecule has 1 rings (SSSR count). The molecule has 0 bridgehead atoms. The highest BCUT2D eigenvalue weighted by molar-refractivity contribution is 8.00. The third-order valence-electron chi connectivity index (χ3n) is 2.79. The Labute approximate surface area is 112 Å². The number of hydrogen-bond donors (Lipinski definition) is 0. The van der Waals surface area contributed by atoms with Crippen LogP contribution in [0.4, 0.5) is 22.0 Å². The van der Waals surface area contributed by atoms with Crippen LogP contribution in [-0.4, -0.2) is 35.8 Å². The van der Waals surface area contributed by atoms with E-state index in [0.717, 1.165) is 24.6 Å². The van der Waals surface area contributed by atoms with Crippen LogP contribution in [-0.2, 0) is 4.74 Å². The first-order chi connectivity index (χ1) is 8.76. The van der Waals surface area contributed by atoms with Crippen LogP contribution in [0.3, 0.4) is 0 Å². The number of halogens is 5. The van der Waals surface area contributed by atoms with E-state index in [1.165, 1.54) is 0 Å². The van der Waals surface area contributed by atoms with Crippen molar-refractivity contribution in [3.8, 4) is 6.07 Å². The van der Waals surface area contributed by atoms with Crippen LogP contribution < -0.4 is 0 Å². The summed E-state index contributed by atoms with van der Waals surface area (Å²) in [7, 11) is 0. The molecule has 0 spiro atoms. The minimum atomic E-state index is -5.55. The van der Waals surface area contributed by atoms with Gasteiger partial charge in [0.2, 0.25) is 0 Å². The van der Waals surface area contributed by atoms with Gasteiger partial charge in [-0.05, 0) is 19.3 Å². The lowest BCUT2D eigenvalue weighted by Gasteiger charge is -2.20. The molecule has 1 saturated heterocycles. The average Bonchev–Trinajstić information content (AvgIpc) is 2.80. The Morgan fingerprint density at radius 1 is 1.32 bits per heavy atom. The lowest BCUT2D eigenvalue weighted by atomic mass is 10.1. The van der Waals surface area contributed by atoms with Gasteiger partial charge in [0, 0.05) is 18.8 Å². The number of nitriles is 1. The van der Waals surface area contributed by atoms with Crippen LogP contribution in [0.5, 0.6) is 0 Å². The predicted octanol–water partition coefficient (Wildman–Crippen LogP) is 3.77. The van der Waals surface area contributed by atoms with Crippen molar-refractivity contribution in [2.75, 3.05) is 12.4 Å². The molecule has 1 aliphatic heterocycles. The number of thioether (sulfide) groups is 1. The zero-order valence-electron chi connectivity index (χ0n) is 10.1. The normalized spacial score (nSPS) is 22.2. The Hall–Kier alpha value is -0.550. The van der Waals surface area contributed by atoms with E-state index in [9.17, 15) is 22.0 Å². The van der Waals surface area contributed by atoms with Gasteiger partial charge in [-0.15, -0.1) is 11.8 Å². The van der Waals surface area contributed by atoms with Crippen LogP contribution in [0.15, 0.2) is 0 Å². The molecule has 0 aromatic heterocycles. The first-order valence-electron chi connectivity index (χ1n) is 5.83. The van der Waals surface area contributed by atoms with Crippen LogP contribution >= 0.6 is 11.8 Å². The molecule has 19 heavy (non-hydrogen) atoms. The first kappa shape index (κ1) is 16.5. The van der Waals surface area contributed by atoms with Gasteiger partial charge in [-0.3, -0.25) is 0 Å². The number of alkyl halides is 5. The smallest absolute Gasteiger partial charge is 0.377 e. The maximum Gasteiger partial charge on any atom is 0.453 e. The van der Waals surface area contributed by atoms with Gasteiger partial charge < -0.3 is 4.74 Å². The number of rotatable bonds is 6. The summed E-state index contributed by atoms with van der Waals surface area (Å²) in [5.41, 5.74) is 0. The molecule has 110 valence electrons. The average molecular weight is 303 g/mol. The SMILES string of the molecule is N#CC(CCC(F)(F)C(F)(F)F)SCC1CCCO1. The molecule has 0 N–H and O–H groups in total. The second-order valence-electron chi connectivity index (χ2n) is 4.33. The lowest BCUT2D eigenvalue weighted by molar-refractivity contribution is -0.284. The van der Waals surface area contributed by atoms with E-state index in [1.54, 1.807) is 6.07 Å². The minimum absolute atomic E-state index is 0.0241. The standard InChI is InChI=1S/C11H14F5NOS/c12-10(13,11(14,15)16)4-3-9(6-17)19-7-8-2-1-5-18-8/h8-9H,1-5,7H2. The largest absolute Gasteiger partial charge is 0.453 e. The molecule has 0 aliphatic carbocycles. The van der Waals surface area contributed by atoms with Gasteiger partial charge in [0.15, 0.2) is 0 Å². The van der Waals surface area contributed by atoms with E-state index in [0.29, 0.717) is 12.4 Å². The Bertz CT molecular complexity index is 322. The lowest BCUT2D eigenvalue weighted by Crippen LogP contribution is -2.36. The molecule has 2 nitrogen and oxygen atoms in total. The molecule has 2 unspecified atom stereocenters. The number of nitrogens with zero attached hydrogens (tertiary/aromatic N) is 1. The Morgan fingerprint density at radius 2 is 2.00 bits per heavy atom. The second-order valence-corrected chi connectivity index (χ2v) is 5.56. The number of ether oxygens (including phenoxy) is 1. The van der Waals surface area contributed by atoms with Crippen molar-refractivity contribution in [2.24, 2.45) is 0 Å². The highest BCUT2D eigenvalue weighted by atomic mass is 32.2. The van der Waals surface area contributed by atoms with Crippen molar-refractivity contribution >= 4 is 11.8 Å². The Kier molecular flexibility index (Phi) is 5.86. The molecule has 8 heteroatoms. The molecule has 2 atom stereocenters. The molecule has 0 aromatic carbocycles. The topological polar surface area (TPSA) is 33.0 Å². The monoisotopic (exact) mass is 303 g/mol. The summed E-state index contributed by atoms with van der Waals surface area (Å²) < 4.78 is 66.6. The van der Waals surface area contributed by atoms with E-state index >= 15 is 0 Å². The summed E-state index contributed by atoms with van der Waals surface area (Å²) in [6.45, 7) is 0.634. The maximum absolute atomic E-state index is 12.7. The molecular formula is C11H14F5NOS. The van der Waals surface area contributed by atoms with Gasteiger partial charge in [0.25, 0.3) is 0 Å². The highest BCUT2D eigenvalue weighted by Gasteiger charge is 2.56. The molecule has 1 aliphatic rings. The van der Waals surface area contributed by atoms with Crippen LogP contribution in [0.2, 0.25) is 0 Å². The Balaban J connectivity index is 2.34. The zero-order chi connectivity index (χ0) is 14.5. The van der Waals surface area contributed by atoms with Crippen molar-refractivity contribution in [2.45, 2.75) is 49.1 Å². The third-order valence-corrected chi connectivity index (χ3v) is 4.09. The van der Waals surface area contributed by atoms with Crippen molar-refractivity contribution in [3.05, 3.63) is 0 Å². The fraction of sp³-hybridized carbons (Fsp3) is 0.909. The number of hydrogen-bond acceptors (Lipinski definition) is 3. The summed E-state index contributed by atoms with van der Waals surface area (Å²) in [6, 6.07) is 1.76. The van der Waals surface area contributed by atoms with Gasteiger partial charge in [0.1, 0.15) is 0 Å². The molecule has 0 saturated carbocycles. The Morgan fingerprint density at radius 3 is 2.47 bits per heavy atom. The first-order valence-corrected chi connectivity index (χ1v) is 6.88. The van der Waals surface area contributed by atoms with Crippen molar-refractivity contribution in [1.82, 2.24) is 0 Å². The second kappa shape index (κ2) is 6.75. The van der Waals surface area contributed by atoms with Crippen LogP contribution in [0.1, 0.15) is 25.7 Å². The van der Waals surface area contributed by atoms with E-state index in [2.05, 4.69) is 0 Å².